The first-order chi connectivity index (χ1) is 7.99. The molecule has 1 aromatic carbocycles. The lowest BCUT2D eigenvalue weighted by Gasteiger charge is -2.10. The molecule has 0 amide bonds. The van der Waals surface area contributed by atoms with Crippen LogP contribution in [0.25, 0.3) is 0 Å². The number of ketones is 1. The first-order valence-corrected chi connectivity index (χ1v) is 5.94. The van der Waals surface area contributed by atoms with Gasteiger partial charge in [-0.25, -0.2) is 4.79 Å². The molecule has 0 aliphatic heterocycles. The van der Waals surface area contributed by atoms with Crippen molar-refractivity contribution in [2.24, 2.45) is 0 Å². The number of hydrogen-bond donors (Lipinski definition) is 0. The standard InChI is InChI=1S/C12H12Cl2O3/c1-3-17-12(16)8-5-4-6-9(14)10(8)11(15)7(2)13/h4-7H,3H2,1-2H3. The third kappa shape index (κ3) is 3.20. The smallest absolute Gasteiger partial charge is 0.338 e. The van der Waals surface area contributed by atoms with Crippen LogP contribution in [0.5, 0.6) is 0 Å². The van der Waals surface area contributed by atoms with Crippen LogP contribution in [0.3, 0.4) is 0 Å². The van der Waals surface area contributed by atoms with Gasteiger partial charge in [-0.2, -0.15) is 0 Å². The summed E-state index contributed by atoms with van der Waals surface area (Å²) in [5, 5.41) is -0.545. The van der Waals surface area contributed by atoms with Crippen molar-refractivity contribution in [1.82, 2.24) is 0 Å². The lowest BCUT2D eigenvalue weighted by Crippen LogP contribution is -2.17. The SMILES string of the molecule is CCOC(=O)c1cccc(Cl)c1C(=O)C(C)Cl. The summed E-state index contributed by atoms with van der Waals surface area (Å²) in [4.78, 5) is 23.5. The van der Waals surface area contributed by atoms with Crippen molar-refractivity contribution in [2.75, 3.05) is 6.61 Å². The fraction of sp³-hybridized carbons (Fsp3) is 0.333. The molecular formula is C12H12Cl2O3. The zero-order valence-corrected chi connectivity index (χ0v) is 11.0. The number of carbonyl (C=O) groups excluding carboxylic acids is 2. The minimum absolute atomic E-state index is 0.120. The predicted molar refractivity (Wildman–Crippen MR) is 67.1 cm³/mol. The highest BCUT2D eigenvalue weighted by molar-refractivity contribution is 6.39. The monoisotopic (exact) mass is 274 g/mol. The molecule has 0 saturated carbocycles. The summed E-state index contributed by atoms with van der Waals surface area (Å²) in [6, 6.07) is 4.62. The Labute approximate surface area is 110 Å². The zero-order chi connectivity index (χ0) is 13.0. The Morgan fingerprint density at radius 1 is 1.41 bits per heavy atom. The first kappa shape index (κ1) is 14.0. The van der Waals surface area contributed by atoms with Crippen molar-refractivity contribution in [3.8, 4) is 0 Å². The molecule has 0 fully saturated rings. The van der Waals surface area contributed by atoms with Crippen molar-refractivity contribution in [1.29, 1.82) is 0 Å². The number of carbonyl (C=O) groups is 2. The highest BCUT2D eigenvalue weighted by atomic mass is 35.5. The Bertz CT molecular complexity index is 441. The molecule has 1 aromatic rings. The van der Waals surface area contributed by atoms with Crippen LogP contribution in [0.15, 0.2) is 18.2 Å². The third-order valence-corrected chi connectivity index (χ3v) is 2.63. The number of rotatable bonds is 4. The predicted octanol–water partition coefficient (Wildman–Crippen LogP) is 3.33. The molecular weight excluding hydrogens is 263 g/mol. The van der Waals surface area contributed by atoms with Crippen LogP contribution in [0.4, 0.5) is 0 Å². The van der Waals surface area contributed by atoms with Crippen molar-refractivity contribution in [3.05, 3.63) is 34.3 Å². The van der Waals surface area contributed by atoms with Crippen LogP contribution < -0.4 is 0 Å². The molecule has 0 N–H and O–H groups in total. The second-order valence-electron chi connectivity index (χ2n) is 3.36. The van der Waals surface area contributed by atoms with E-state index in [1.807, 2.05) is 0 Å². The van der Waals surface area contributed by atoms with Gasteiger partial charge in [0.1, 0.15) is 0 Å². The Hall–Kier alpha value is -1.06. The van der Waals surface area contributed by atoms with Crippen LogP contribution in [-0.2, 0) is 4.74 Å². The molecule has 5 heteroatoms. The zero-order valence-electron chi connectivity index (χ0n) is 9.50. The van der Waals surface area contributed by atoms with Gasteiger partial charge in [0.25, 0.3) is 0 Å². The van der Waals surface area contributed by atoms with Crippen LogP contribution in [0.2, 0.25) is 5.02 Å². The van der Waals surface area contributed by atoms with Crippen molar-refractivity contribution < 1.29 is 14.3 Å². The van der Waals surface area contributed by atoms with E-state index in [-0.39, 0.29) is 28.5 Å². The fourth-order valence-electron chi connectivity index (χ4n) is 1.35. The Morgan fingerprint density at radius 2 is 2.06 bits per heavy atom. The number of benzene rings is 1. The van der Waals surface area contributed by atoms with Crippen molar-refractivity contribution >= 4 is 35.0 Å². The Balaban J connectivity index is 3.26. The van der Waals surface area contributed by atoms with Crippen LogP contribution in [-0.4, -0.2) is 23.7 Å². The summed E-state index contributed by atoms with van der Waals surface area (Å²) >= 11 is 11.7. The maximum atomic E-state index is 11.9. The molecule has 1 atom stereocenters. The summed E-state index contributed by atoms with van der Waals surface area (Å²) in [6.45, 7) is 3.45. The van der Waals surface area contributed by atoms with Gasteiger partial charge in [0.15, 0.2) is 5.78 Å². The minimum atomic E-state index is -0.747. The number of Topliss-reactive ketones (excluding diaryl/α,β-unsaturated/α-hetero) is 1. The van der Waals surface area contributed by atoms with Gasteiger partial charge in [-0.05, 0) is 26.0 Å². The van der Waals surface area contributed by atoms with Gasteiger partial charge in [-0.15, -0.1) is 11.6 Å². The van der Waals surface area contributed by atoms with E-state index in [1.165, 1.54) is 19.1 Å². The van der Waals surface area contributed by atoms with Gasteiger partial charge >= 0.3 is 5.97 Å². The molecule has 0 bridgehead atoms. The largest absolute Gasteiger partial charge is 0.462 e. The highest BCUT2D eigenvalue weighted by Crippen LogP contribution is 2.23. The van der Waals surface area contributed by atoms with Crippen LogP contribution in [0, 0.1) is 0 Å². The molecule has 0 saturated heterocycles. The van der Waals surface area contributed by atoms with E-state index in [0.717, 1.165) is 0 Å². The summed E-state index contributed by atoms with van der Waals surface area (Å²) in [6.07, 6.45) is 0. The van der Waals surface area contributed by atoms with E-state index >= 15 is 0 Å². The third-order valence-electron chi connectivity index (χ3n) is 2.12. The molecule has 0 aliphatic rings. The number of ether oxygens (including phenoxy) is 1. The molecule has 0 heterocycles. The summed E-state index contributed by atoms with van der Waals surface area (Å²) in [5.41, 5.74) is 0.270. The normalized spacial score (nSPS) is 12.0. The maximum absolute atomic E-state index is 11.9. The Kier molecular flexibility index (Phi) is 4.97. The van der Waals surface area contributed by atoms with Gasteiger partial charge in [-0.1, -0.05) is 17.7 Å². The van der Waals surface area contributed by atoms with Gasteiger partial charge in [0, 0.05) is 0 Å². The van der Waals surface area contributed by atoms with E-state index in [2.05, 4.69) is 0 Å². The molecule has 0 aromatic heterocycles. The maximum Gasteiger partial charge on any atom is 0.338 e. The van der Waals surface area contributed by atoms with Crippen LogP contribution >= 0.6 is 23.2 Å². The molecule has 0 spiro atoms. The number of esters is 1. The highest BCUT2D eigenvalue weighted by Gasteiger charge is 2.23. The van der Waals surface area contributed by atoms with E-state index < -0.39 is 11.3 Å². The second kappa shape index (κ2) is 6.03. The van der Waals surface area contributed by atoms with Gasteiger partial charge in [0.05, 0.1) is 28.1 Å². The van der Waals surface area contributed by atoms with Crippen LogP contribution in [0.1, 0.15) is 34.6 Å². The molecule has 1 unspecified atom stereocenters. The molecule has 1 rings (SSSR count). The molecule has 0 aliphatic carbocycles. The van der Waals surface area contributed by atoms with Gasteiger partial charge in [-0.3, -0.25) is 4.79 Å². The molecule has 0 radical (unpaired) electrons. The number of alkyl halides is 1. The van der Waals surface area contributed by atoms with E-state index in [0.29, 0.717) is 0 Å². The molecule has 3 nitrogen and oxygen atoms in total. The lowest BCUT2D eigenvalue weighted by molar-refractivity contribution is 0.0523. The minimum Gasteiger partial charge on any atom is -0.462 e. The topological polar surface area (TPSA) is 43.4 Å². The van der Waals surface area contributed by atoms with E-state index in [1.54, 1.807) is 13.0 Å². The first-order valence-electron chi connectivity index (χ1n) is 5.13. The Morgan fingerprint density at radius 3 is 2.59 bits per heavy atom. The summed E-state index contributed by atoms with van der Waals surface area (Å²) in [5.74, 6) is -0.962. The summed E-state index contributed by atoms with van der Waals surface area (Å²) < 4.78 is 4.86. The number of halogens is 2. The van der Waals surface area contributed by atoms with E-state index in [4.69, 9.17) is 27.9 Å². The quantitative estimate of drug-likeness (QED) is 0.481. The van der Waals surface area contributed by atoms with Gasteiger partial charge < -0.3 is 4.74 Å². The van der Waals surface area contributed by atoms with E-state index in [9.17, 15) is 9.59 Å². The molecule has 17 heavy (non-hydrogen) atoms. The number of hydrogen-bond acceptors (Lipinski definition) is 3. The average molecular weight is 275 g/mol. The average Bonchev–Trinajstić information content (AvgIpc) is 2.28. The van der Waals surface area contributed by atoms with Crippen molar-refractivity contribution in [3.63, 3.8) is 0 Å². The van der Waals surface area contributed by atoms with Gasteiger partial charge in [0.2, 0.25) is 0 Å². The molecule has 92 valence electrons. The van der Waals surface area contributed by atoms with Crippen molar-refractivity contribution in [2.45, 2.75) is 19.2 Å². The summed E-state index contributed by atoms with van der Waals surface area (Å²) in [7, 11) is 0. The second-order valence-corrected chi connectivity index (χ2v) is 4.42. The lowest BCUT2D eigenvalue weighted by atomic mass is 10.0. The fourth-order valence-corrected chi connectivity index (χ4v) is 1.73.